The summed E-state index contributed by atoms with van der Waals surface area (Å²) in [6.07, 6.45) is 1.57. The molecule has 0 saturated carbocycles. The molecule has 0 saturated heterocycles. The van der Waals surface area contributed by atoms with E-state index < -0.39 is 0 Å². The Morgan fingerprint density at radius 3 is 2.65 bits per heavy atom. The van der Waals surface area contributed by atoms with Crippen LogP contribution in [0.1, 0.15) is 11.1 Å². The van der Waals surface area contributed by atoms with Crippen molar-refractivity contribution in [3.8, 4) is 0 Å². The normalized spacial score (nSPS) is 12.4. The summed E-state index contributed by atoms with van der Waals surface area (Å²) in [5.41, 5.74) is 2.07. The van der Waals surface area contributed by atoms with Crippen LogP contribution < -0.4 is 5.32 Å². The van der Waals surface area contributed by atoms with Crippen LogP contribution in [0, 0.1) is 5.82 Å². The summed E-state index contributed by atoms with van der Waals surface area (Å²) in [5.74, 6) is -0.195. The molecule has 0 aliphatic heterocycles. The lowest BCUT2D eigenvalue weighted by molar-refractivity contribution is 0.553. The van der Waals surface area contributed by atoms with Crippen molar-refractivity contribution in [1.82, 2.24) is 5.32 Å². The van der Waals surface area contributed by atoms with Crippen molar-refractivity contribution < 1.29 is 4.39 Å². The highest BCUT2D eigenvalue weighted by atomic mass is 79.9. The molecule has 0 fully saturated rings. The van der Waals surface area contributed by atoms with Gasteiger partial charge in [0.2, 0.25) is 0 Å². The van der Waals surface area contributed by atoms with Crippen LogP contribution in [0.3, 0.4) is 0 Å². The summed E-state index contributed by atoms with van der Waals surface area (Å²) in [6.45, 7) is 0. The summed E-state index contributed by atoms with van der Waals surface area (Å²) < 4.78 is 14.2. The van der Waals surface area contributed by atoms with Crippen LogP contribution in [0.15, 0.2) is 46.9 Å². The van der Waals surface area contributed by atoms with E-state index in [0.29, 0.717) is 0 Å². The molecule has 0 aliphatic rings. The Balaban J connectivity index is 2.09. The van der Waals surface area contributed by atoms with Crippen LogP contribution in [0.4, 0.5) is 4.39 Å². The van der Waals surface area contributed by atoms with E-state index >= 15 is 0 Å². The Morgan fingerprint density at radius 1 is 1.20 bits per heavy atom. The third kappa shape index (κ3) is 4.30. The summed E-state index contributed by atoms with van der Waals surface area (Å²) in [6, 6.07) is 12.8. The van der Waals surface area contributed by atoms with Crippen LogP contribution >= 0.6 is 27.5 Å². The summed E-state index contributed by atoms with van der Waals surface area (Å²) in [4.78, 5) is 0. The first kappa shape index (κ1) is 15.5. The number of nitrogens with one attached hydrogen (secondary N) is 1. The first-order valence-electron chi connectivity index (χ1n) is 6.44. The fourth-order valence-corrected chi connectivity index (χ4v) is 2.93. The van der Waals surface area contributed by atoms with E-state index in [4.69, 9.17) is 11.6 Å². The van der Waals surface area contributed by atoms with Gasteiger partial charge in [0.1, 0.15) is 5.82 Å². The molecule has 106 valence electrons. The molecule has 4 heteroatoms. The number of rotatable bonds is 5. The predicted octanol–water partition coefficient (Wildman–Crippen LogP) is 4.61. The second kappa shape index (κ2) is 7.21. The highest BCUT2D eigenvalue weighted by molar-refractivity contribution is 9.10. The van der Waals surface area contributed by atoms with Crippen molar-refractivity contribution in [2.45, 2.75) is 18.9 Å². The zero-order valence-corrected chi connectivity index (χ0v) is 13.5. The van der Waals surface area contributed by atoms with Crippen LogP contribution in [-0.2, 0) is 12.8 Å². The lowest BCUT2D eigenvalue weighted by Crippen LogP contribution is -2.30. The van der Waals surface area contributed by atoms with Crippen molar-refractivity contribution in [3.05, 3.63) is 68.9 Å². The second-order valence-corrected chi connectivity index (χ2v) is 6.08. The standard InChI is InChI=1S/C16H16BrClFN/c1-20-15(8-11-3-2-4-14(19)7-11)9-12-5-6-13(17)10-16(12)18/h2-7,10,15,20H,8-9H2,1H3. The topological polar surface area (TPSA) is 12.0 Å². The van der Waals surface area contributed by atoms with Gasteiger partial charge in [-0.15, -0.1) is 0 Å². The summed E-state index contributed by atoms with van der Waals surface area (Å²) >= 11 is 9.64. The summed E-state index contributed by atoms with van der Waals surface area (Å²) in [5, 5.41) is 4.02. The zero-order chi connectivity index (χ0) is 14.5. The molecule has 2 rings (SSSR count). The number of halogens is 3. The van der Waals surface area contributed by atoms with Crippen molar-refractivity contribution in [1.29, 1.82) is 0 Å². The van der Waals surface area contributed by atoms with Gasteiger partial charge in [0.15, 0.2) is 0 Å². The maximum Gasteiger partial charge on any atom is 0.123 e. The molecular weight excluding hydrogens is 341 g/mol. The van der Waals surface area contributed by atoms with Gasteiger partial charge in [0, 0.05) is 15.5 Å². The monoisotopic (exact) mass is 355 g/mol. The smallest absolute Gasteiger partial charge is 0.123 e. The van der Waals surface area contributed by atoms with Gasteiger partial charge in [-0.1, -0.05) is 45.7 Å². The Kier molecular flexibility index (Phi) is 5.58. The first-order chi connectivity index (χ1) is 9.58. The van der Waals surface area contributed by atoms with Gasteiger partial charge in [-0.3, -0.25) is 0 Å². The van der Waals surface area contributed by atoms with Crippen LogP contribution in [0.25, 0.3) is 0 Å². The molecule has 20 heavy (non-hydrogen) atoms. The third-order valence-electron chi connectivity index (χ3n) is 3.26. The number of benzene rings is 2. The molecule has 1 unspecified atom stereocenters. The fourth-order valence-electron chi connectivity index (χ4n) is 2.18. The van der Waals surface area contributed by atoms with Crippen molar-refractivity contribution in [2.75, 3.05) is 7.05 Å². The number of likely N-dealkylation sites (N-methyl/N-ethyl adjacent to an activating group) is 1. The molecule has 0 heterocycles. The Bertz CT molecular complexity index is 588. The van der Waals surface area contributed by atoms with E-state index in [2.05, 4.69) is 21.2 Å². The Labute approximate surface area is 132 Å². The lowest BCUT2D eigenvalue weighted by Gasteiger charge is -2.17. The van der Waals surface area contributed by atoms with Gasteiger partial charge >= 0.3 is 0 Å². The quantitative estimate of drug-likeness (QED) is 0.824. The minimum atomic E-state index is -0.195. The van der Waals surface area contributed by atoms with Gasteiger partial charge in [0.05, 0.1) is 0 Å². The van der Waals surface area contributed by atoms with Crippen molar-refractivity contribution >= 4 is 27.5 Å². The van der Waals surface area contributed by atoms with Gasteiger partial charge in [-0.05, 0) is 55.3 Å². The SMILES string of the molecule is CNC(Cc1cccc(F)c1)Cc1ccc(Br)cc1Cl. The highest BCUT2D eigenvalue weighted by Crippen LogP contribution is 2.23. The van der Waals surface area contributed by atoms with E-state index in [-0.39, 0.29) is 11.9 Å². The molecule has 0 amide bonds. The van der Waals surface area contributed by atoms with E-state index in [1.54, 1.807) is 12.1 Å². The molecule has 1 atom stereocenters. The Morgan fingerprint density at radius 2 is 2.00 bits per heavy atom. The molecule has 0 aromatic heterocycles. The van der Waals surface area contributed by atoms with Gasteiger partial charge < -0.3 is 5.32 Å². The minimum Gasteiger partial charge on any atom is -0.316 e. The zero-order valence-electron chi connectivity index (χ0n) is 11.2. The molecule has 2 aromatic carbocycles. The van der Waals surface area contributed by atoms with E-state index in [0.717, 1.165) is 33.5 Å². The third-order valence-corrected chi connectivity index (χ3v) is 4.11. The van der Waals surface area contributed by atoms with Gasteiger partial charge in [-0.2, -0.15) is 0 Å². The molecule has 1 N–H and O–H groups in total. The van der Waals surface area contributed by atoms with E-state index in [1.165, 1.54) is 6.07 Å². The number of hydrogen-bond acceptors (Lipinski definition) is 1. The van der Waals surface area contributed by atoms with Crippen molar-refractivity contribution in [3.63, 3.8) is 0 Å². The highest BCUT2D eigenvalue weighted by Gasteiger charge is 2.11. The van der Waals surface area contributed by atoms with E-state index in [1.807, 2.05) is 31.3 Å². The molecular formula is C16H16BrClFN. The largest absolute Gasteiger partial charge is 0.316 e. The molecule has 0 aliphatic carbocycles. The van der Waals surface area contributed by atoms with Crippen molar-refractivity contribution in [2.24, 2.45) is 0 Å². The maximum absolute atomic E-state index is 13.2. The fraction of sp³-hybridized carbons (Fsp3) is 0.250. The van der Waals surface area contributed by atoms with Gasteiger partial charge in [-0.25, -0.2) is 4.39 Å². The van der Waals surface area contributed by atoms with Crippen LogP contribution in [-0.4, -0.2) is 13.1 Å². The first-order valence-corrected chi connectivity index (χ1v) is 7.61. The Hall–Kier alpha value is -0.900. The molecule has 0 bridgehead atoms. The van der Waals surface area contributed by atoms with Gasteiger partial charge in [0.25, 0.3) is 0 Å². The maximum atomic E-state index is 13.2. The molecule has 0 spiro atoms. The number of hydrogen-bond donors (Lipinski definition) is 1. The minimum absolute atomic E-state index is 0.195. The molecule has 1 nitrogen and oxygen atoms in total. The summed E-state index contributed by atoms with van der Waals surface area (Å²) in [7, 11) is 1.91. The molecule has 0 radical (unpaired) electrons. The second-order valence-electron chi connectivity index (χ2n) is 4.76. The molecule has 2 aromatic rings. The van der Waals surface area contributed by atoms with E-state index in [9.17, 15) is 4.39 Å². The van der Waals surface area contributed by atoms with Crippen LogP contribution in [0.2, 0.25) is 5.02 Å². The lowest BCUT2D eigenvalue weighted by atomic mass is 9.99. The average molecular weight is 357 g/mol. The predicted molar refractivity (Wildman–Crippen MR) is 85.8 cm³/mol. The van der Waals surface area contributed by atoms with Crippen LogP contribution in [0.5, 0.6) is 0 Å². The average Bonchev–Trinajstić information content (AvgIpc) is 2.41.